The van der Waals surface area contributed by atoms with E-state index in [0.29, 0.717) is 13.2 Å². The molecule has 1 aromatic carbocycles. The Morgan fingerprint density at radius 3 is 3.10 bits per heavy atom. The number of hydrogen-bond donors (Lipinski definition) is 1. The predicted molar refractivity (Wildman–Crippen MR) is 70.5 cm³/mol. The van der Waals surface area contributed by atoms with Crippen molar-refractivity contribution in [2.75, 3.05) is 13.4 Å². The van der Waals surface area contributed by atoms with Gasteiger partial charge < -0.3 is 23.9 Å². The number of aromatic nitrogens is 2. The van der Waals surface area contributed by atoms with E-state index in [-0.39, 0.29) is 13.4 Å². The fourth-order valence-electron chi connectivity index (χ4n) is 2.03. The summed E-state index contributed by atoms with van der Waals surface area (Å²) in [6.45, 7) is 1.44. The van der Waals surface area contributed by atoms with Crippen LogP contribution >= 0.6 is 0 Å². The van der Waals surface area contributed by atoms with E-state index in [9.17, 15) is 5.11 Å². The second-order valence-corrected chi connectivity index (χ2v) is 4.62. The number of imidazole rings is 1. The van der Waals surface area contributed by atoms with Crippen LogP contribution in [-0.4, -0.2) is 34.2 Å². The average molecular weight is 276 g/mol. The van der Waals surface area contributed by atoms with Crippen molar-refractivity contribution < 1.29 is 19.3 Å². The Morgan fingerprint density at radius 1 is 1.35 bits per heavy atom. The molecule has 0 radical (unpaired) electrons. The minimum atomic E-state index is -0.557. The Labute approximate surface area is 116 Å². The molecule has 2 heterocycles. The van der Waals surface area contributed by atoms with Crippen molar-refractivity contribution in [2.24, 2.45) is 0 Å². The predicted octanol–water partition coefficient (Wildman–Crippen LogP) is 1.19. The minimum Gasteiger partial charge on any atom is -0.454 e. The van der Waals surface area contributed by atoms with Crippen LogP contribution in [0.15, 0.2) is 36.9 Å². The molecule has 1 aliphatic heterocycles. The third kappa shape index (κ3) is 3.09. The maximum Gasteiger partial charge on any atom is 0.231 e. The SMILES string of the molecule is O[C@@H](COCc1ccc2c(c1)OCO2)Cn1ccnc1. The summed E-state index contributed by atoms with van der Waals surface area (Å²) in [6, 6.07) is 5.68. The number of aliphatic hydroxyl groups is 1. The van der Waals surface area contributed by atoms with Crippen molar-refractivity contribution in [3.8, 4) is 11.5 Å². The van der Waals surface area contributed by atoms with Crippen LogP contribution in [0.1, 0.15) is 5.56 Å². The molecule has 0 aliphatic carbocycles. The molecular formula is C14H16N2O4. The maximum absolute atomic E-state index is 9.84. The smallest absolute Gasteiger partial charge is 0.231 e. The number of rotatable bonds is 6. The number of nitrogens with zero attached hydrogens (tertiary/aromatic N) is 2. The first-order valence-electron chi connectivity index (χ1n) is 6.41. The Morgan fingerprint density at radius 2 is 2.25 bits per heavy atom. The molecule has 106 valence electrons. The molecule has 1 aliphatic rings. The van der Waals surface area contributed by atoms with Crippen molar-refractivity contribution in [1.82, 2.24) is 9.55 Å². The van der Waals surface area contributed by atoms with Crippen LogP contribution in [0.4, 0.5) is 0 Å². The van der Waals surface area contributed by atoms with E-state index in [1.807, 2.05) is 22.8 Å². The zero-order valence-corrected chi connectivity index (χ0v) is 10.9. The van der Waals surface area contributed by atoms with Gasteiger partial charge >= 0.3 is 0 Å². The molecule has 1 aromatic heterocycles. The molecule has 0 bridgehead atoms. The van der Waals surface area contributed by atoms with Crippen LogP contribution < -0.4 is 9.47 Å². The van der Waals surface area contributed by atoms with Crippen LogP contribution in [0.2, 0.25) is 0 Å². The van der Waals surface area contributed by atoms with E-state index in [4.69, 9.17) is 14.2 Å². The number of fused-ring (bicyclic) bond motifs is 1. The molecule has 0 saturated carbocycles. The molecule has 0 spiro atoms. The third-order valence-corrected chi connectivity index (χ3v) is 3.00. The molecule has 0 unspecified atom stereocenters. The first-order chi connectivity index (χ1) is 9.81. The first-order valence-corrected chi connectivity index (χ1v) is 6.41. The molecule has 0 amide bonds. The molecule has 0 fully saturated rings. The quantitative estimate of drug-likeness (QED) is 0.858. The summed E-state index contributed by atoms with van der Waals surface area (Å²) < 4.78 is 17.9. The number of ether oxygens (including phenoxy) is 3. The van der Waals surface area contributed by atoms with Crippen molar-refractivity contribution in [1.29, 1.82) is 0 Å². The van der Waals surface area contributed by atoms with Gasteiger partial charge in [0, 0.05) is 12.4 Å². The van der Waals surface area contributed by atoms with E-state index >= 15 is 0 Å². The van der Waals surface area contributed by atoms with Gasteiger partial charge in [-0.25, -0.2) is 4.98 Å². The van der Waals surface area contributed by atoms with E-state index in [2.05, 4.69) is 4.98 Å². The van der Waals surface area contributed by atoms with Gasteiger partial charge in [-0.1, -0.05) is 6.07 Å². The van der Waals surface area contributed by atoms with Crippen molar-refractivity contribution in [3.05, 3.63) is 42.5 Å². The van der Waals surface area contributed by atoms with E-state index in [1.54, 1.807) is 18.7 Å². The molecule has 0 saturated heterocycles. The lowest BCUT2D eigenvalue weighted by atomic mass is 10.2. The number of benzene rings is 1. The van der Waals surface area contributed by atoms with Crippen LogP contribution in [0, 0.1) is 0 Å². The first kappa shape index (κ1) is 13.0. The van der Waals surface area contributed by atoms with Gasteiger partial charge in [0.1, 0.15) is 0 Å². The lowest BCUT2D eigenvalue weighted by molar-refractivity contribution is 0.0203. The summed E-state index contributed by atoms with van der Waals surface area (Å²) >= 11 is 0. The Balaban J connectivity index is 1.45. The minimum absolute atomic E-state index is 0.267. The van der Waals surface area contributed by atoms with Gasteiger partial charge in [-0.05, 0) is 17.7 Å². The highest BCUT2D eigenvalue weighted by molar-refractivity contribution is 5.44. The average Bonchev–Trinajstić information content (AvgIpc) is 3.09. The van der Waals surface area contributed by atoms with Gasteiger partial charge in [-0.3, -0.25) is 0 Å². The van der Waals surface area contributed by atoms with Crippen LogP contribution in [0.25, 0.3) is 0 Å². The van der Waals surface area contributed by atoms with Crippen molar-refractivity contribution in [3.63, 3.8) is 0 Å². The molecule has 3 rings (SSSR count). The van der Waals surface area contributed by atoms with E-state index in [1.165, 1.54) is 0 Å². The fourth-order valence-corrected chi connectivity index (χ4v) is 2.03. The summed E-state index contributed by atoms with van der Waals surface area (Å²) in [5.41, 5.74) is 0.990. The molecule has 1 N–H and O–H groups in total. The summed E-state index contributed by atoms with van der Waals surface area (Å²) in [6.07, 6.45) is 4.60. The van der Waals surface area contributed by atoms with Crippen LogP contribution in [0.3, 0.4) is 0 Å². The second-order valence-electron chi connectivity index (χ2n) is 4.62. The number of aliphatic hydroxyl groups excluding tert-OH is 1. The third-order valence-electron chi connectivity index (χ3n) is 3.00. The lowest BCUT2D eigenvalue weighted by Gasteiger charge is -2.12. The lowest BCUT2D eigenvalue weighted by Crippen LogP contribution is -2.21. The topological polar surface area (TPSA) is 65.7 Å². The molecular weight excluding hydrogens is 260 g/mol. The van der Waals surface area contributed by atoms with Crippen molar-refractivity contribution >= 4 is 0 Å². The van der Waals surface area contributed by atoms with Gasteiger partial charge in [0.2, 0.25) is 6.79 Å². The Kier molecular flexibility index (Phi) is 3.85. The summed E-state index contributed by atoms with van der Waals surface area (Å²) in [4.78, 5) is 3.92. The van der Waals surface area contributed by atoms with Crippen LogP contribution in [0.5, 0.6) is 11.5 Å². The molecule has 6 heteroatoms. The highest BCUT2D eigenvalue weighted by Gasteiger charge is 2.13. The molecule has 20 heavy (non-hydrogen) atoms. The van der Waals surface area contributed by atoms with Gasteiger partial charge in [0.05, 0.1) is 32.2 Å². The summed E-state index contributed by atoms with van der Waals surface area (Å²) in [5.74, 6) is 1.50. The standard InChI is InChI=1S/C14H16N2O4/c17-12(6-16-4-3-15-9-16)8-18-7-11-1-2-13-14(5-11)20-10-19-13/h1-5,9,12,17H,6-8,10H2/t12-/m1/s1. The zero-order chi connectivity index (χ0) is 13.8. The zero-order valence-electron chi connectivity index (χ0n) is 10.9. The highest BCUT2D eigenvalue weighted by Crippen LogP contribution is 2.32. The maximum atomic E-state index is 9.84. The monoisotopic (exact) mass is 276 g/mol. The second kappa shape index (κ2) is 5.94. The van der Waals surface area contributed by atoms with Crippen molar-refractivity contribution in [2.45, 2.75) is 19.3 Å². The summed E-state index contributed by atoms with van der Waals surface area (Å²) in [7, 11) is 0. The molecule has 6 nitrogen and oxygen atoms in total. The number of hydrogen-bond acceptors (Lipinski definition) is 5. The van der Waals surface area contributed by atoms with Gasteiger partial charge in [-0.15, -0.1) is 0 Å². The Hall–Kier alpha value is -2.05. The van der Waals surface area contributed by atoms with E-state index in [0.717, 1.165) is 17.1 Å². The van der Waals surface area contributed by atoms with Gasteiger partial charge in [0.15, 0.2) is 11.5 Å². The largest absolute Gasteiger partial charge is 0.454 e. The summed E-state index contributed by atoms with van der Waals surface area (Å²) in [5, 5.41) is 9.84. The van der Waals surface area contributed by atoms with Gasteiger partial charge in [0.25, 0.3) is 0 Å². The Bertz CT molecular complexity index is 556. The molecule has 1 atom stereocenters. The normalized spacial score (nSPS) is 14.4. The molecule has 2 aromatic rings. The highest BCUT2D eigenvalue weighted by atomic mass is 16.7. The van der Waals surface area contributed by atoms with Gasteiger partial charge in [-0.2, -0.15) is 0 Å². The fraction of sp³-hybridized carbons (Fsp3) is 0.357. The van der Waals surface area contributed by atoms with E-state index < -0.39 is 6.10 Å². The van der Waals surface area contributed by atoms with Crippen LogP contribution in [-0.2, 0) is 17.9 Å².